The first-order valence-electron chi connectivity index (χ1n) is 9.26. The number of aliphatic imine (C=N–C) groups is 1. The van der Waals surface area contributed by atoms with Gasteiger partial charge in [0.25, 0.3) is 0 Å². The summed E-state index contributed by atoms with van der Waals surface area (Å²) in [6, 6.07) is 6.43. The minimum atomic E-state index is -3.37. The predicted octanol–water partition coefficient (Wildman–Crippen LogP) is 1.02. The highest BCUT2D eigenvalue weighted by Crippen LogP contribution is 2.11. The monoisotopic (exact) mass is 400 g/mol. The Kier molecular flexibility index (Phi) is 8.96. The molecule has 1 aliphatic rings. The van der Waals surface area contributed by atoms with Gasteiger partial charge in [-0.2, -0.15) is 0 Å². The smallest absolute Gasteiger partial charge is 0.213 e. The zero-order valence-electron chi connectivity index (χ0n) is 15.7. The average Bonchev–Trinajstić information content (AvgIpc) is 2.66. The van der Waals surface area contributed by atoms with E-state index in [1.54, 1.807) is 13.1 Å². The van der Waals surface area contributed by atoms with Gasteiger partial charge >= 0.3 is 0 Å². The van der Waals surface area contributed by atoms with Gasteiger partial charge in [0.1, 0.15) is 5.82 Å². The molecule has 0 saturated carbocycles. The first-order chi connectivity index (χ1) is 13.0. The normalized spacial score (nSPS) is 18.3. The molecule has 1 unspecified atom stereocenters. The fourth-order valence-electron chi connectivity index (χ4n) is 2.80. The SMILES string of the molecule is CN=C(NCCc1cccc(F)c1)NCCS(=O)(=O)NCC1CCCCO1. The Morgan fingerprint density at radius 1 is 1.30 bits per heavy atom. The van der Waals surface area contributed by atoms with E-state index in [1.807, 2.05) is 6.07 Å². The molecule has 2 rings (SSSR count). The van der Waals surface area contributed by atoms with Crippen LogP contribution in [0.1, 0.15) is 24.8 Å². The molecule has 1 heterocycles. The topological polar surface area (TPSA) is 91.8 Å². The molecule has 7 nitrogen and oxygen atoms in total. The van der Waals surface area contributed by atoms with Crippen molar-refractivity contribution in [2.24, 2.45) is 4.99 Å². The lowest BCUT2D eigenvalue weighted by Crippen LogP contribution is -2.43. The Labute approximate surface area is 160 Å². The first kappa shape index (κ1) is 21.6. The Bertz CT molecular complexity index is 706. The van der Waals surface area contributed by atoms with Gasteiger partial charge in [-0.25, -0.2) is 17.5 Å². The average molecular weight is 401 g/mol. The van der Waals surface area contributed by atoms with E-state index in [0.717, 1.165) is 24.8 Å². The summed E-state index contributed by atoms with van der Waals surface area (Å²) in [5.74, 6) is 0.202. The zero-order valence-corrected chi connectivity index (χ0v) is 16.5. The summed E-state index contributed by atoms with van der Waals surface area (Å²) in [4.78, 5) is 4.06. The summed E-state index contributed by atoms with van der Waals surface area (Å²) >= 11 is 0. The number of ether oxygens (including phenoxy) is 1. The van der Waals surface area contributed by atoms with Gasteiger partial charge in [0.2, 0.25) is 10.0 Å². The maximum Gasteiger partial charge on any atom is 0.213 e. The van der Waals surface area contributed by atoms with Gasteiger partial charge in [0.05, 0.1) is 11.9 Å². The van der Waals surface area contributed by atoms with Crippen LogP contribution in [0, 0.1) is 5.82 Å². The summed E-state index contributed by atoms with van der Waals surface area (Å²) in [6.07, 6.45) is 3.62. The third kappa shape index (κ3) is 8.68. The fourth-order valence-corrected chi connectivity index (χ4v) is 3.76. The Hall–Kier alpha value is -1.71. The molecule has 0 bridgehead atoms. The molecule has 1 atom stereocenters. The second-order valence-electron chi connectivity index (χ2n) is 6.46. The van der Waals surface area contributed by atoms with Crippen LogP contribution < -0.4 is 15.4 Å². The lowest BCUT2D eigenvalue weighted by molar-refractivity contribution is 0.0200. The number of benzene rings is 1. The molecule has 1 saturated heterocycles. The van der Waals surface area contributed by atoms with Gasteiger partial charge in [0.15, 0.2) is 5.96 Å². The first-order valence-corrected chi connectivity index (χ1v) is 10.9. The lowest BCUT2D eigenvalue weighted by atomic mass is 10.1. The summed E-state index contributed by atoms with van der Waals surface area (Å²) in [7, 11) is -1.75. The van der Waals surface area contributed by atoms with Gasteiger partial charge in [-0.05, 0) is 43.4 Å². The van der Waals surface area contributed by atoms with Gasteiger partial charge in [-0.1, -0.05) is 12.1 Å². The van der Waals surface area contributed by atoms with Gasteiger partial charge in [-0.3, -0.25) is 4.99 Å². The molecule has 1 aromatic carbocycles. The highest BCUT2D eigenvalue weighted by Gasteiger charge is 2.17. The van der Waals surface area contributed by atoms with Crippen LogP contribution in [0.15, 0.2) is 29.3 Å². The van der Waals surface area contributed by atoms with Crippen molar-refractivity contribution in [3.05, 3.63) is 35.6 Å². The molecule has 1 fully saturated rings. The fraction of sp³-hybridized carbons (Fsp3) is 0.611. The Balaban J connectivity index is 1.64. The second kappa shape index (κ2) is 11.2. The van der Waals surface area contributed by atoms with Crippen LogP contribution in [0.5, 0.6) is 0 Å². The molecule has 0 aliphatic carbocycles. The van der Waals surface area contributed by atoms with Gasteiger partial charge in [-0.15, -0.1) is 0 Å². The van der Waals surface area contributed by atoms with Crippen molar-refractivity contribution in [2.45, 2.75) is 31.8 Å². The molecule has 3 N–H and O–H groups in total. The molecule has 0 radical (unpaired) electrons. The third-order valence-electron chi connectivity index (χ3n) is 4.29. The van der Waals surface area contributed by atoms with Crippen molar-refractivity contribution in [2.75, 3.05) is 39.0 Å². The van der Waals surface area contributed by atoms with Crippen LogP contribution in [0.4, 0.5) is 4.39 Å². The van der Waals surface area contributed by atoms with Crippen molar-refractivity contribution in [1.82, 2.24) is 15.4 Å². The van der Waals surface area contributed by atoms with E-state index in [4.69, 9.17) is 4.74 Å². The van der Waals surface area contributed by atoms with Crippen molar-refractivity contribution < 1.29 is 17.5 Å². The van der Waals surface area contributed by atoms with Crippen molar-refractivity contribution in [1.29, 1.82) is 0 Å². The molecular weight excluding hydrogens is 371 g/mol. The standard InChI is InChI=1S/C18H29FN4O3S/c1-20-18(21-9-8-15-5-4-6-16(19)13-15)22-10-12-27(24,25)23-14-17-7-2-3-11-26-17/h4-6,13,17,23H,2-3,7-12,14H2,1H3,(H2,20,21,22). The maximum absolute atomic E-state index is 13.2. The number of guanidine groups is 1. The van der Waals surface area contributed by atoms with E-state index in [0.29, 0.717) is 32.1 Å². The number of halogens is 1. The third-order valence-corrected chi connectivity index (χ3v) is 5.63. The molecule has 1 aliphatic heterocycles. The van der Waals surface area contributed by atoms with Crippen LogP contribution in [0.3, 0.4) is 0 Å². The summed E-state index contributed by atoms with van der Waals surface area (Å²) in [5.41, 5.74) is 0.884. The minimum Gasteiger partial charge on any atom is -0.377 e. The van der Waals surface area contributed by atoms with E-state index in [2.05, 4.69) is 20.3 Å². The minimum absolute atomic E-state index is 0.0289. The molecule has 0 spiro atoms. The molecule has 9 heteroatoms. The van der Waals surface area contributed by atoms with E-state index in [1.165, 1.54) is 12.1 Å². The lowest BCUT2D eigenvalue weighted by Gasteiger charge is -2.22. The van der Waals surface area contributed by atoms with Crippen LogP contribution in [-0.4, -0.2) is 59.5 Å². The van der Waals surface area contributed by atoms with Crippen LogP contribution in [0.2, 0.25) is 0 Å². The van der Waals surface area contributed by atoms with Gasteiger partial charge in [0, 0.05) is 33.3 Å². The summed E-state index contributed by atoms with van der Waals surface area (Å²) < 4.78 is 45.4. The van der Waals surface area contributed by atoms with Gasteiger partial charge < -0.3 is 15.4 Å². The molecule has 0 aromatic heterocycles. The largest absolute Gasteiger partial charge is 0.377 e. The van der Waals surface area contributed by atoms with E-state index in [-0.39, 0.29) is 24.2 Å². The quantitative estimate of drug-likeness (QED) is 0.425. The number of nitrogens with one attached hydrogen (secondary N) is 3. The highest BCUT2D eigenvalue weighted by atomic mass is 32.2. The number of hydrogen-bond donors (Lipinski definition) is 3. The maximum atomic E-state index is 13.2. The molecule has 1 aromatic rings. The highest BCUT2D eigenvalue weighted by molar-refractivity contribution is 7.89. The summed E-state index contributed by atoms with van der Waals surface area (Å²) in [5, 5.41) is 6.06. The van der Waals surface area contributed by atoms with Crippen LogP contribution >= 0.6 is 0 Å². The van der Waals surface area contributed by atoms with Crippen molar-refractivity contribution >= 4 is 16.0 Å². The zero-order chi connectivity index (χ0) is 19.5. The van der Waals surface area contributed by atoms with Crippen molar-refractivity contribution in [3.63, 3.8) is 0 Å². The van der Waals surface area contributed by atoms with E-state index < -0.39 is 10.0 Å². The van der Waals surface area contributed by atoms with Crippen LogP contribution in [0.25, 0.3) is 0 Å². The Morgan fingerprint density at radius 2 is 2.11 bits per heavy atom. The van der Waals surface area contributed by atoms with E-state index in [9.17, 15) is 12.8 Å². The second-order valence-corrected chi connectivity index (χ2v) is 8.39. The van der Waals surface area contributed by atoms with E-state index >= 15 is 0 Å². The molecule has 0 amide bonds. The number of rotatable bonds is 9. The van der Waals surface area contributed by atoms with Crippen molar-refractivity contribution in [3.8, 4) is 0 Å². The molecule has 27 heavy (non-hydrogen) atoms. The number of hydrogen-bond acceptors (Lipinski definition) is 4. The molecule has 152 valence electrons. The number of sulfonamides is 1. The molecular formula is C18H29FN4O3S. The Morgan fingerprint density at radius 3 is 2.81 bits per heavy atom. The number of nitrogens with zero attached hydrogens (tertiary/aromatic N) is 1. The van der Waals surface area contributed by atoms with Crippen LogP contribution in [-0.2, 0) is 21.2 Å². The predicted molar refractivity (Wildman–Crippen MR) is 105 cm³/mol. The summed E-state index contributed by atoms with van der Waals surface area (Å²) in [6.45, 7) is 1.82.